The zero-order chi connectivity index (χ0) is 21.5. The summed E-state index contributed by atoms with van der Waals surface area (Å²) in [6.45, 7) is -0.931. The van der Waals surface area contributed by atoms with E-state index >= 15 is 0 Å². The lowest BCUT2D eigenvalue weighted by atomic mass is 10.2. The number of anilines is 2. The maximum atomic E-state index is 13.6. The Bertz CT molecular complexity index is 1070. The van der Waals surface area contributed by atoms with Crippen LogP contribution in [-0.4, -0.2) is 44.6 Å². The molecule has 2 N–H and O–H groups in total. The molecule has 0 saturated carbocycles. The lowest BCUT2D eigenvalue weighted by Gasteiger charge is -2.11. The van der Waals surface area contributed by atoms with Crippen LogP contribution in [0.2, 0.25) is 0 Å². The van der Waals surface area contributed by atoms with Crippen LogP contribution in [-0.2, 0) is 20.9 Å². The summed E-state index contributed by atoms with van der Waals surface area (Å²) in [7, 11) is 0. The van der Waals surface area contributed by atoms with Crippen LogP contribution in [0.4, 0.5) is 20.2 Å². The minimum Gasteiger partial charge on any atom is -0.452 e. The largest absolute Gasteiger partial charge is 0.452 e. The van der Waals surface area contributed by atoms with Crippen molar-refractivity contribution in [2.75, 3.05) is 17.2 Å². The number of carbonyl (C=O) groups is 3. The molecule has 0 aliphatic heterocycles. The summed E-state index contributed by atoms with van der Waals surface area (Å²) in [5.74, 6) is -3.85. The van der Waals surface area contributed by atoms with Crippen molar-refractivity contribution in [3.05, 3.63) is 66.0 Å². The number of nitrogens with zero attached hydrogens (tertiary/aromatic N) is 4. The topological polar surface area (TPSA) is 128 Å². The predicted octanol–water partition coefficient (Wildman–Crippen LogP) is 1.39. The van der Waals surface area contributed by atoms with Crippen LogP contribution < -0.4 is 10.6 Å². The van der Waals surface area contributed by atoms with E-state index < -0.39 is 36.0 Å². The Labute approximate surface area is 167 Å². The van der Waals surface area contributed by atoms with Crippen molar-refractivity contribution in [3.8, 4) is 0 Å². The number of hydrogen-bond donors (Lipinski definition) is 2. The Morgan fingerprint density at radius 1 is 1.00 bits per heavy atom. The van der Waals surface area contributed by atoms with Gasteiger partial charge in [-0.05, 0) is 34.7 Å². The van der Waals surface area contributed by atoms with Gasteiger partial charge >= 0.3 is 5.97 Å². The summed E-state index contributed by atoms with van der Waals surface area (Å²) in [6, 6.07) is 8.53. The number of rotatable bonds is 7. The van der Waals surface area contributed by atoms with Gasteiger partial charge in [0.05, 0.1) is 16.9 Å². The van der Waals surface area contributed by atoms with Gasteiger partial charge in [-0.1, -0.05) is 12.1 Å². The van der Waals surface area contributed by atoms with Crippen molar-refractivity contribution in [2.45, 2.75) is 6.54 Å². The highest BCUT2D eigenvalue weighted by Gasteiger charge is 2.17. The molecule has 3 rings (SSSR count). The third kappa shape index (κ3) is 5.41. The van der Waals surface area contributed by atoms with Gasteiger partial charge in [-0.2, -0.15) is 0 Å². The van der Waals surface area contributed by atoms with Crippen molar-refractivity contribution < 1.29 is 27.9 Å². The molecule has 0 aliphatic rings. The Kier molecular flexibility index (Phi) is 6.37. The second kappa shape index (κ2) is 9.32. The van der Waals surface area contributed by atoms with E-state index in [1.165, 1.54) is 29.2 Å². The molecular formula is C18H14F2N6O4. The van der Waals surface area contributed by atoms with E-state index in [2.05, 4.69) is 26.2 Å². The van der Waals surface area contributed by atoms with Crippen LogP contribution in [0, 0.1) is 11.6 Å². The molecule has 1 heterocycles. The highest BCUT2D eigenvalue weighted by Crippen LogP contribution is 2.17. The first-order valence-electron chi connectivity index (χ1n) is 8.44. The molecule has 0 aliphatic carbocycles. The summed E-state index contributed by atoms with van der Waals surface area (Å²) in [5.41, 5.74) is -0.240. The second-order valence-electron chi connectivity index (χ2n) is 5.85. The molecule has 0 bridgehead atoms. The average molecular weight is 416 g/mol. The number of carbonyl (C=O) groups excluding carboxylic acids is 3. The SMILES string of the molecule is O=C(COC(=O)c1ccccc1NC(=O)Cn1cnnn1)Nc1cc(F)ccc1F. The van der Waals surface area contributed by atoms with Crippen molar-refractivity contribution in [2.24, 2.45) is 0 Å². The number of amides is 2. The zero-order valence-electron chi connectivity index (χ0n) is 15.2. The summed E-state index contributed by atoms with van der Waals surface area (Å²) >= 11 is 0. The molecule has 10 nitrogen and oxygen atoms in total. The lowest BCUT2D eigenvalue weighted by Crippen LogP contribution is -2.23. The second-order valence-corrected chi connectivity index (χ2v) is 5.85. The molecule has 0 saturated heterocycles. The van der Waals surface area contributed by atoms with Gasteiger partial charge in [0.1, 0.15) is 24.5 Å². The van der Waals surface area contributed by atoms with Gasteiger partial charge < -0.3 is 15.4 Å². The summed E-state index contributed by atoms with van der Waals surface area (Å²) in [5, 5.41) is 15.0. The fourth-order valence-corrected chi connectivity index (χ4v) is 2.35. The van der Waals surface area contributed by atoms with Crippen molar-refractivity contribution >= 4 is 29.2 Å². The third-order valence-corrected chi connectivity index (χ3v) is 3.65. The van der Waals surface area contributed by atoms with E-state index in [-0.39, 0.29) is 23.5 Å². The molecular weight excluding hydrogens is 402 g/mol. The molecule has 30 heavy (non-hydrogen) atoms. The minimum absolute atomic E-state index is 0.00713. The molecule has 0 radical (unpaired) electrons. The maximum absolute atomic E-state index is 13.6. The number of aromatic nitrogens is 4. The molecule has 3 aromatic rings. The van der Waals surface area contributed by atoms with Gasteiger partial charge in [-0.15, -0.1) is 5.10 Å². The predicted molar refractivity (Wildman–Crippen MR) is 98.2 cm³/mol. The van der Waals surface area contributed by atoms with Crippen molar-refractivity contribution in [1.82, 2.24) is 20.2 Å². The van der Waals surface area contributed by atoms with Crippen LogP contribution in [0.3, 0.4) is 0 Å². The van der Waals surface area contributed by atoms with Gasteiger partial charge in [0.15, 0.2) is 6.61 Å². The fraction of sp³-hybridized carbons (Fsp3) is 0.111. The number of benzene rings is 2. The molecule has 12 heteroatoms. The Morgan fingerprint density at radius 2 is 1.77 bits per heavy atom. The number of hydrogen-bond acceptors (Lipinski definition) is 7. The molecule has 2 amide bonds. The quantitative estimate of drug-likeness (QED) is 0.557. The van der Waals surface area contributed by atoms with E-state index in [9.17, 15) is 23.2 Å². The van der Waals surface area contributed by atoms with Crippen LogP contribution in [0.15, 0.2) is 48.8 Å². The third-order valence-electron chi connectivity index (χ3n) is 3.65. The van der Waals surface area contributed by atoms with Crippen molar-refractivity contribution in [3.63, 3.8) is 0 Å². The minimum atomic E-state index is -0.900. The zero-order valence-corrected chi connectivity index (χ0v) is 15.2. The van der Waals surface area contributed by atoms with Crippen LogP contribution >= 0.6 is 0 Å². The van der Waals surface area contributed by atoms with Gasteiger partial charge in [0, 0.05) is 6.07 Å². The summed E-state index contributed by atoms with van der Waals surface area (Å²) in [6.07, 6.45) is 1.25. The smallest absolute Gasteiger partial charge is 0.340 e. The van der Waals surface area contributed by atoms with Crippen molar-refractivity contribution in [1.29, 1.82) is 0 Å². The maximum Gasteiger partial charge on any atom is 0.340 e. The van der Waals surface area contributed by atoms with Crippen LogP contribution in [0.1, 0.15) is 10.4 Å². The molecule has 2 aromatic carbocycles. The van der Waals surface area contributed by atoms with Gasteiger partial charge in [-0.25, -0.2) is 18.3 Å². The first-order valence-corrected chi connectivity index (χ1v) is 8.44. The summed E-state index contributed by atoms with van der Waals surface area (Å²) < 4.78 is 32.8. The fourth-order valence-electron chi connectivity index (χ4n) is 2.35. The standard InChI is InChI=1S/C18H14F2N6O4/c19-11-5-6-13(20)15(7-11)23-17(28)9-30-18(29)12-3-1-2-4-14(12)22-16(27)8-26-10-21-24-25-26/h1-7,10H,8-9H2,(H,22,27)(H,23,28). The molecule has 154 valence electrons. The molecule has 0 fully saturated rings. The molecule has 0 unspecified atom stereocenters. The first-order chi connectivity index (χ1) is 14.4. The Morgan fingerprint density at radius 3 is 2.53 bits per heavy atom. The van der Waals surface area contributed by atoms with Gasteiger partial charge in [0.25, 0.3) is 5.91 Å². The average Bonchev–Trinajstić information content (AvgIpc) is 3.22. The van der Waals surface area contributed by atoms with Gasteiger partial charge in [0.2, 0.25) is 5.91 Å². The number of para-hydroxylation sites is 1. The van der Waals surface area contributed by atoms with E-state index in [0.717, 1.165) is 18.2 Å². The number of ether oxygens (including phenoxy) is 1. The Balaban J connectivity index is 1.59. The number of nitrogens with one attached hydrogen (secondary N) is 2. The van der Waals surface area contributed by atoms with E-state index in [4.69, 9.17) is 4.74 Å². The summed E-state index contributed by atoms with van der Waals surface area (Å²) in [4.78, 5) is 36.3. The van der Waals surface area contributed by atoms with Gasteiger partial charge in [-0.3, -0.25) is 9.59 Å². The van der Waals surface area contributed by atoms with Crippen LogP contribution in [0.25, 0.3) is 0 Å². The molecule has 0 spiro atoms. The Hall–Kier alpha value is -4.22. The van der Waals surface area contributed by atoms with Crippen LogP contribution in [0.5, 0.6) is 0 Å². The molecule has 0 atom stereocenters. The highest BCUT2D eigenvalue weighted by molar-refractivity contribution is 6.02. The number of halogens is 2. The first kappa shape index (κ1) is 20.5. The number of tetrazole rings is 1. The normalized spacial score (nSPS) is 10.3. The molecule has 1 aromatic heterocycles. The number of esters is 1. The van der Waals surface area contributed by atoms with E-state index in [0.29, 0.717) is 0 Å². The van der Waals surface area contributed by atoms with E-state index in [1.54, 1.807) is 6.07 Å². The lowest BCUT2D eigenvalue weighted by molar-refractivity contribution is -0.119. The highest BCUT2D eigenvalue weighted by atomic mass is 19.1. The monoisotopic (exact) mass is 416 g/mol. The van der Waals surface area contributed by atoms with E-state index in [1.807, 2.05) is 0 Å².